The van der Waals surface area contributed by atoms with Crippen LogP contribution >= 0.6 is 0 Å². The maximum atomic E-state index is 13.6. The van der Waals surface area contributed by atoms with Gasteiger partial charge in [-0.2, -0.15) is 0 Å². The minimum Gasteiger partial charge on any atom is -0.378 e. The van der Waals surface area contributed by atoms with Crippen molar-refractivity contribution in [3.05, 3.63) is 65.7 Å². The maximum Gasteiger partial charge on any atom is 0.196 e. The van der Waals surface area contributed by atoms with Gasteiger partial charge in [0.2, 0.25) is 0 Å². The van der Waals surface area contributed by atoms with Crippen LogP contribution in [0.5, 0.6) is 0 Å². The van der Waals surface area contributed by atoms with Crippen LogP contribution in [0.15, 0.2) is 59.1 Å². The van der Waals surface area contributed by atoms with Crippen LogP contribution in [0.2, 0.25) is 0 Å². The quantitative estimate of drug-likeness (QED) is 0.414. The standard InChI is InChI=1S/C26H24N4O2/c1-29(2)17-11-9-16(10-12-17)27-20-15-21(30-13-5-6-14-30)24-23-22(20)25(31)18-7-3-4-8-19(18)26(23)32-28-24/h3-4,7-12,15,27H,5-6,13-14H2,1-2H3. The molecule has 6 nitrogen and oxygen atoms in total. The lowest BCUT2D eigenvalue weighted by molar-refractivity contribution is 0.104. The summed E-state index contributed by atoms with van der Waals surface area (Å²) in [5.41, 5.74) is 6.74. The molecule has 6 heteroatoms. The van der Waals surface area contributed by atoms with Crippen LogP contribution in [0, 0.1) is 0 Å². The largest absolute Gasteiger partial charge is 0.378 e. The first-order valence-electron chi connectivity index (χ1n) is 11.0. The Balaban J connectivity index is 1.56. The summed E-state index contributed by atoms with van der Waals surface area (Å²) in [6, 6.07) is 17.9. The van der Waals surface area contributed by atoms with Gasteiger partial charge in [-0.1, -0.05) is 29.4 Å². The van der Waals surface area contributed by atoms with Gasteiger partial charge in [-0.05, 0) is 43.2 Å². The summed E-state index contributed by atoms with van der Waals surface area (Å²) in [6.07, 6.45) is 2.31. The lowest BCUT2D eigenvalue weighted by Gasteiger charge is -2.23. The topological polar surface area (TPSA) is 61.6 Å². The molecule has 1 aliphatic carbocycles. The summed E-state index contributed by atoms with van der Waals surface area (Å²) in [4.78, 5) is 18.1. The highest BCUT2D eigenvalue weighted by Crippen LogP contribution is 2.46. The zero-order valence-electron chi connectivity index (χ0n) is 18.2. The van der Waals surface area contributed by atoms with E-state index < -0.39 is 0 Å². The minimum absolute atomic E-state index is 0.00156. The van der Waals surface area contributed by atoms with Gasteiger partial charge in [-0.15, -0.1) is 0 Å². The Hall–Kier alpha value is -3.80. The molecule has 0 spiro atoms. The molecule has 32 heavy (non-hydrogen) atoms. The van der Waals surface area contributed by atoms with Gasteiger partial charge in [-0.25, -0.2) is 0 Å². The van der Waals surface area contributed by atoms with Crippen molar-refractivity contribution in [2.24, 2.45) is 0 Å². The predicted molar refractivity (Wildman–Crippen MR) is 128 cm³/mol. The molecule has 0 amide bonds. The van der Waals surface area contributed by atoms with Crippen molar-refractivity contribution in [2.45, 2.75) is 12.8 Å². The number of nitrogens with one attached hydrogen (secondary N) is 1. The van der Waals surface area contributed by atoms with Gasteiger partial charge in [0.15, 0.2) is 11.5 Å². The third kappa shape index (κ3) is 2.79. The molecule has 1 saturated heterocycles. The van der Waals surface area contributed by atoms with Crippen molar-refractivity contribution in [1.82, 2.24) is 5.16 Å². The number of benzene rings is 3. The molecule has 0 atom stereocenters. The molecule has 4 aromatic rings. The van der Waals surface area contributed by atoms with E-state index in [1.165, 1.54) is 0 Å². The number of rotatable bonds is 4. The molecule has 0 radical (unpaired) electrons. The van der Waals surface area contributed by atoms with E-state index in [-0.39, 0.29) is 5.78 Å². The number of carbonyl (C=O) groups excluding carboxylic acids is 1. The first-order chi connectivity index (χ1) is 15.6. The van der Waals surface area contributed by atoms with Crippen molar-refractivity contribution >= 4 is 39.4 Å². The summed E-state index contributed by atoms with van der Waals surface area (Å²) >= 11 is 0. The zero-order valence-corrected chi connectivity index (χ0v) is 18.2. The van der Waals surface area contributed by atoms with Crippen molar-refractivity contribution in [3.63, 3.8) is 0 Å². The Bertz CT molecular complexity index is 1350. The molecule has 0 saturated carbocycles. The fraction of sp³-hybridized carbons (Fsp3) is 0.231. The number of ketones is 1. The Morgan fingerprint density at radius 2 is 1.72 bits per heavy atom. The molecule has 3 aromatic carbocycles. The first-order valence-corrected chi connectivity index (χ1v) is 11.0. The molecule has 1 aromatic heterocycles. The van der Waals surface area contributed by atoms with Gasteiger partial charge in [0.1, 0.15) is 5.52 Å². The van der Waals surface area contributed by atoms with Gasteiger partial charge in [-0.3, -0.25) is 4.79 Å². The smallest absolute Gasteiger partial charge is 0.196 e. The second kappa shape index (κ2) is 7.12. The van der Waals surface area contributed by atoms with Crippen LogP contribution < -0.4 is 15.1 Å². The normalized spacial score (nSPS) is 14.7. The highest BCUT2D eigenvalue weighted by molar-refractivity contribution is 6.28. The second-order valence-electron chi connectivity index (χ2n) is 8.69. The molecule has 1 aliphatic heterocycles. The van der Waals surface area contributed by atoms with Gasteiger partial charge in [0.25, 0.3) is 0 Å². The van der Waals surface area contributed by atoms with Gasteiger partial charge in [0, 0.05) is 49.7 Å². The zero-order chi connectivity index (χ0) is 21.8. The predicted octanol–water partition coefficient (Wildman–Crippen LogP) is 5.45. The Morgan fingerprint density at radius 1 is 1.00 bits per heavy atom. The van der Waals surface area contributed by atoms with E-state index in [0.717, 1.165) is 65.1 Å². The molecular weight excluding hydrogens is 400 g/mol. The molecule has 1 fully saturated rings. The van der Waals surface area contributed by atoms with E-state index in [2.05, 4.69) is 38.5 Å². The average Bonchev–Trinajstić information content (AvgIpc) is 3.49. The molecule has 0 unspecified atom stereocenters. The van der Waals surface area contributed by atoms with Crippen LogP contribution in [0.25, 0.3) is 22.2 Å². The third-order valence-corrected chi connectivity index (χ3v) is 6.49. The van der Waals surface area contributed by atoms with Crippen LogP contribution in [-0.2, 0) is 0 Å². The first kappa shape index (κ1) is 18.9. The number of nitrogens with zero attached hydrogens (tertiary/aromatic N) is 3. The lowest BCUT2D eigenvalue weighted by atomic mass is 9.86. The van der Waals surface area contributed by atoms with Gasteiger partial charge in [0.05, 0.1) is 22.3 Å². The maximum absolute atomic E-state index is 13.6. The van der Waals surface area contributed by atoms with Crippen molar-refractivity contribution in [1.29, 1.82) is 0 Å². The summed E-state index contributed by atoms with van der Waals surface area (Å²) in [5, 5.41) is 8.78. The fourth-order valence-corrected chi connectivity index (χ4v) is 4.84. The van der Waals surface area contributed by atoms with E-state index >= 15 is 0 Å². The van der Waals surface area contributed by atoms with Gasteiger partial charge < -0.3 is 19.6 Å². The molecule has 160 valence electrons. The van der Waals surface area contributed by atoms with Crippen LogP contribution in [0.4, 0.5) is 22.7 Å². The SMILES string of the molecule is CN(C)c1ccc(Nc2cc(N3CCCC3)c3noc4c3c2C(=O)c2ccccc2-4)cc1. The number of anilines is 4. The molecule has 2 heterocycles. The minimum atomic E-state index is 0.00156. The third-order valence-electron chi connectivity index (χ3n) is 6.49. The number of carbonyl (C=O) groups is 1. The lowest BCUT2D eigenvalue weighted by Crippen LogP contribution is -2.19. The van der Waals surface area contributed by atoms with E-state index in [1.54, 1.807) is 0 Å². The molecule has 1 N–H and O–H groups in total. The number of fused-ring (bicyclic) bond motifs is 2. The van der Waals surface area contributed by atoms with E-state index in [9.17, 15) is 4.79 Å². The fourth-order valence-electron chi connectivity index (χ4n) is 4.84. The Morgan fingerprint density at radius 3 is 2.44 bits per heavy atom. The monoisotopic (exact) mass is 424 g/mol. The number of hydrogen-bond acceptors (Lipinski definition) is 6. The number of aromatic nitrogens is 1. The highest BCUT2D eigenvalue weighted by Gasteiger charge is 2.34. The average molecular weight is 425 g/mol. The number of hydrogen-bond donors (Lipinski definition) is 1. The Labute approximate surface area is 186 Å². The van der Waals surface area contributed by atoms with Crippen LogP contribution in [-0.4, -0.2) is 38.1 Å². The van der Waals surface area contributed by atoms with Crippen molar-refractivity contribution in [3.8, 4) is 11.3 Å². The van der Waals surface area contributed by atoms with E-state index in [1.807, 2.05) is 50.5 Å². The van der Waals surface area contributed by atoms with Crippen molar-refractivity contribution < 1.29 is 9.32 Å². The molecule has 0 bridgehead atoms. The molecular formula is C26H24N4O2. The van der Waals surface area contributed by atoms with E-state index in [0.29, 0.717) is 16.9 Å². The van der Waals surface area contributed by atoms with Crippen molar-refractivity contribution in [2.75, 3.05) is 42.3 Å². The molecule has 6 rings (SSSR count). The van der Waals surface area contributed by atoms with Gasteiger partial charge >= 0.3 is 0 Å². The summed E-state index contributed by atoms with van der Waals surface area (Å²) in [6.45, 7) is 1.97. The summed E-state index contributed by atoms with van der Waals surface area (Å²) < 4.78 is 5.86. The molecule has 2 aliphatic rings. The van der Waals surface area contributed by atoms with Crippen LogP contribution in [0.1, 0.15) is 28.8 Å². The second-order valence-corrected chi connectivity index (χ2v) is 8.69. The summed E-state index contributed by atoms with van der Waals surface area (Å²) in [7, 11) is 4.04. The van der Waals surface area contributed by atoms with Crippen LogP contribution in [0.3, 0.4) is 0 Å². The highest BCUT2D eigenvalue weighted by atomic mass is 16.5. The Kier molecular flexibility index (Phi) is 4.21. The summed E-state index contributed by atoms with van der Waals surface area (Å²) in [5.74, 6) is 0.680. The van der Waals surface area contributed by atoms with E-state index in [4.69, 9.17) is 4.52 Å².